The summed E-state index contributed by atoms with van der Waals surface area (Å²) in [7, 11) is 0. The molecular weight excluding hydrogens is 293 g/mol. The second-order valence-electron chi connectivity index (χ2n) is 5.22. The van der Waals surface area contributed by atoms with Crippen LogP contribution in [0.25, 0.3) is 10.9 Å². The van der Waals surface area contributed by atoms with Gasteiger partial charge >= 0.3 is 0 Å². The molecule has 0 saturated carbocycles. The summed E-state index contributed by atoms with van der Waals surface area (Å²) in [5, 5.41) is 16.8. The average Bonchev–Trinajstić information content (AvgIpc) is 2.87. The van der Waals surface area contributed by atoms with Crippen LogP contribution in [0.3, 0.4) is 0 Å². The lowest BCUT2D eigenvalue weighted by Gasteiger charge is -2.14. The van der Waals surface area contributed by atoms with E-state index < -0.39 is 0 Å². The Bertz CT molecular complexity index is 610. The molecule has 21 heavy (non-hydrogen) atoms. The highest BCUT2D eigenvalue weighted by Gasteiger charge is 2.24. The van der Waals surface area contributed by atoms with Crippen LogP contribution in [0.5, 0.6) is 0 Å². The number of hydrogen-bond acceptors (Lipinski definition) is 4. The van der Waals surface area contributed by atoms with Crippen LogP contribution in [-0.2, 0) is 6.54 Å². The molecule has 1 aromatic heterocycles. The van der Waals surface area contributed by atoms with Gasteiger partial charge in [-0.15, -0.1) is 12.4 Å². The molecule has 2 unspecified atom stereocenters. The standard InChI is InChI=1S/C15H18FN3O.ClH/c16-13-4-3-10(15-12(13)2-1-5-19-15)6-17-7-11-8-18-9-14(11)20;/h1-5,11,14,17-18,20H,6-9H2;1H. The van der Waals surface area contributed by atoms with Crippen molar-refractivity contribution in [3.05, 3.63) is 41.8 Å². The second kappa shape index (κ2) is 7.13. The van der Waals surface area contributed by atoms with Crippen molar-refractivity contribution < 1.29 is 9.50 Å². The lowest BCUT2D eigenvalue weighted by Crippen LogP contribution is -2.30. The summed E-state index contributed by atoms with van der Waals surface area (Å²) >= 11 is 0. The van der Waals surface area contributed by atoms with E-state index in [1.807, 2.05) is 0 Å². The lowest BCUT2D eigenvalue weighted by molar-refractivity contribution is 0.146. The van der Waals surface area contributed by atoms with Crippen LogP contribution >= 0.6 is 12.4 Å². The SMILES string of the molecule is Cl.OC1CNCC1CNCc1ccc(F)c2cccnc12. The van der Waals surface area contributed by atoms with Crippen molar-refractivity contribution in [1.29, 1.82) is 0 Å². The molecular formula is C15H19ClFN3O. The number of pyridine rings is 1. The third-order valence-corrected chi connectivity index (χ3v) is 3.83. The van der Waals surface area contributed by atoms with Gasteiger partial charge in [0.25, 0.3) is 0 Å². The smallest absolute Gasteiger partial charge is 0.132 e. The maximum Gasteiger partial charge on any atom is 0.132 e. The van der Waals surface area contributed by atoms with Crippen LogP contribution < -0.4 is 10.6 Å². The monoisotopic (exact) mass is 311 g/mol. The number of halogens is 2. The zero-order valence-electron chi connectivity index (χ0n) is 11.6. The van der Waals surface area contributed by atoms with Crippen LogP contribution in [0.15, 0.2) is 30.5 Å². The minimum Gasteiger partial charge on any atom is -0.391 e. The Kier molecular flexibility index (Phi) is 5.47. The van der Waals surface area contributed by atoms with Crippen LogP contribution in [0.4, 0.5) is 4.39 Å². The van der Waals surface area contributed by atoms with Crippen molar-refractivity contribution in [2.75, 3.05) is 19.6 Å². The largest absolute Gasteiger partial charge is 0.391 e. The fourth-order valence-electron chi connectivity index (χ4n) is 2.66. The number of fused-ring (bicyclic) bond motifs is 1. The van der Waals surface area contributed by atoms with E-state index in [1.165, 1.54) is 6.07 Å². The van der Waals surface area contributed by atoms with Crippen LogP contribution in [0.1, 0.15) is 5.56 Å². The summed E-state index contributed by atoms with van der Waals surface area (Å²) in [6, 6.07) is 6.73. The lowest BCUT2D eigenvalue weighted by atomic mass is 10.1. The molecule has 0 aliphatic carbocycles. The normalized spacial score (nSPS) is 21.4. The van der Waals surface area contributed by atoms with Gasteiger partial charge in [0.1, 0.15) is 5.82 Å². The van der Waals surface area contributed by atoms with Gasteiger partial charge in [0, 0.05) is 43.7 Å². The summed E-state index contributed by atoms with van der Waals surface area (Å²) in [6.45, 7) is 2.85. The Labute approximate surface area is 129 Å². The number of β-amino-alcohol motifs (C(OH)–C–C–N with tert-alkyl or cyclic N) is 1. The number of hydrogen-bond donors (Lipinski definition) is 3. The molecule has 0 amide bonds. The minimum atomic E-state index is -0.286. The van der Waals surface area contributed by atoms with Gasteiger partial charge in [-0.25, -0.2) is 4.39 Å². The molecule has 3 rings (SSSR count). The Morgan fingerprint density at radius 1 is 1.33 bits per heavy atom. The molecule has 1 fully saturated rings. The highest BCUT2D eigenvalue weighted by molar-refractivity contribution is 5.85. The fourth-order valence-corrected chi connectivity index (χ4v) is 2.66. The topological polar surface area (TPSA) is 57.2 Å². The molecule has 6 heteroatoms. The van der Waals surface area contributed by atoms with E-state index in [2.05, 4.69) is 15.6 Å². The number of benzene rings is 1. The summed E-state index contributed by atoms with van der Waals surface area (Å²) in [5.74, 6) is -0.0121. The fraction of sp³-hybridized carbons (Fsp3) is 0.400. The molecule has 1 aliphatic rings. The molecule has 0 bridgehead atoms. The first-order valence-electron chi connectivity index (χ1n) is 6.87. The maximum atomic E-state index is 13.7. The molecule has 2 atom stereocenters. The predicted molar refractivity (Wildman–Crippen MR) is 83.0 cm³/mol. The molecule has 1 saturated heterocycles. The molecule has 3 N–H and O–H groups in total. The number of aliphatic hydroxyl groups excluding tert-OH is 1. The van der Waals surface area contributed by atoms with Gasteiger partial charge in [-0.1, -0.05) is 6.07 Å². The number of aliphatic hydroxyl groups is 1. The number of nitrogens with zero attached hydrogens (tertiary/aromatic N) is 1. The van der Waals surface area contributed by atoms with E-state index in [0.717, 1.165) is 18.7 Å². The second-order valence-corrected chi connectivity index (χ2v) is 5.22. The average molecular weight is 312 g/mol. The van der Waals surface area contributed by atoms with E-state index in [1.54, 1.807) is 24.4 Å². The number of nitrogens with one attached hydrogen (secondary N) is 2. The number of rotatable bonds is 4. The predicted octanol–water partition coefficient (Wildman–Crippen LogP) is 1.47. The summed E-state index contributed by atoms with van der Waals surface area (Å²) in [4.78, 5) is 4.27. The molecule has 114 valence electrons. The highest BCUT2D eigenvalue weighted by Crippen LogP contribution is 2.19. The molecule has 1 aliphatic heterocycles. The first-order chi connectivity index (χ1) is 9.75. The first kappa shape index (κ1) is 16.1. The zero-order chi connectivity index (χ0) is 13.9. The quantitative estimate of drug-likeness (QED) is 0.800. The van der Waals surface area contributed by atoms with Gasteiger partial charge in [0.2, 0.25) is 0 Å². The van der Waals surface area contributed by atoms with Crippen molar-refractivity contribution in [3.63, 3.8) is 0 Å². The molecule has 4 nitrogen and oxygen atoms in total. The van der Waals surface area contributed by atoms with E-state index >= 15 is 0 Å². The van der Waals surface area contributed by atoms with Crippen molar-refractivity contribution in [3.8, 4) is 0 Å². The van der Waals surface area contributed by atoms with Crippen LogP contribution in [0, 0.1) is 11.7 Å². The Balaban J connectivity index is 0.00000161. The minimum absolute atomic E-state index is 0. The van der Waals surface area contributed by atoms with Crippen molar-refractivity contribution in [2.24, 2.45) is 5.92 Å². The molecule has 2 heterocycles. The van der Waals surface area contributed by atoms with Gasteiger partial charge in [0.15, 0.2) is 0 Å². The third-order valence-electron chi connectivity index (χ3n) is 3.83. The number of aromatic nitrogens is 1. The highest BCUT2D eigenvalue weighted by atomic mass is 35.5. The van der Waals surface area contributed by atoms with Crippen molar-refractivity contribution >= 4 is 23.3 Å². The Morgan fingerprint density at radius 3 is 2.95 bits per heavy atom. The van der Waals surface area contributed by atoms with E-state index in [-0.39, 0.29) is 30.2 Å². The maximum absolute atomic E-state index is 13.7. The van der Waals surface area contributed by atoms with Gasteiger partial charge in [-0.2, -0.15) is 0 Å². The first-order valence-corrected chi connectivity index (χ1v) is 6.87. The molecule has 0 spiro atoms. The summed E-state index contributed by atoms with van der Waals surface area (Å²) in [6.07, 6.45) is 1.39. The van der Waals surface area contributed by atoms with E-state index in [4.69, 9.17) is 0 Å². The van der Waals surface area contributed by atoms with Gasteiger partial charge in [-0.05, 0) is 23.8 Å². The van der Waals surface area contributed by atoms with E-state index in [0.29, 0.717) is 24.0 Å². The van der Waals surface area contributed by atoms with Gasteiger partial charge in [-0.3, -0.25) is 4.98 Å². The Morgan fingerprint density at radius 2 is 2.19 bits per heavy atom. The summed E-state index contributed by atoms with van der Waals surface area (Å²) < 4.78 is 13.7. The van der Waals surface area contributed by atoms with Crippen LogP contribution in [-0.4, -0.2) is 35.8 Å². The molecule has 1 aromatic carbocycles. The molecule has 0 radical (unpaired) electrons. The third kappa shape index (κ3) is 3.49. The molecule has 2 aromatic rings. The van der Waals surface area contributed by atoms with E-state index in [9.17, 15) is 9.50 Å². The van der Waals surface area contributed by atoms with Crippen molar-refractivity contribution in [2.45, 2.75) is 12.6 Å². The Hall–Kier alpha value is -1.27. The van der Waals surface area contributed by atoms with Crippen LogP contribution in [0.2, 0.25) is 0 Å². The van der Waals surface area contributed by atoms with Gasteiger partial charge in [0.05, 0.1) is 11.6 Å². The van der Waals surface area contributed by atoms with Crippen molar-refractivity contribution in [1.82, 2.24) is 15.6 Å². The van der Waals surface area contributed by atoms with Gasteiger partial charge < -0.3 is 15.7 Å². The zero-order valence-corrected chi connectivity index (χ0v) is 12.4. The summed E-state index contributed by atoms with van der Waals surface area (Å²) in [5.41, 5.74) is 1.67.